The first-order valence-corrected chi connectivity index (χ1v) is 8.67. The molecule has 0 unspecified atom stereocenters. The second kappa shape index (κ2) is 5.65. The topological polar surface area (TPSA) is 85.0 Å². The zero-order valence-electron chi connectivity index (χ0n) is 14.4. The second-order valence-electron chi connectivity index (χ2n) is 6.64. The summed E-state index contributed by atoms with van der Waals surface area (Å²) in [6, 6.07) is 3.86. The minimum absolute atomic E-state index is 0.0686. The van der Waals surface area contributed by atoms with Gasteiger partial charge in [0.1, 0.15) is 0 Å². The molecule has 5 heterocycles. The van der Waals surface area contributed by atoms with Crippen LogP contribution in [0, 0.1) is 0 Å². The van der Waals surface area contributed by atoms with Crippen LogP contribution < -0.4 is 9.80 Å². The molecule has 0 saturated carbocycles. The maximum atomic E-state index is 12.7. The quantitative estimate of drug-likeness (QED) is 0.705. The van der Waals surface area contributed by atoms with Crippen LogP contribution in [-0.4, -0.2) is 48.8 Å². The maximum Gasteiger partial charge on any atom is 0.262 e. The molecule has 2 aliphatic rings. The highest BCUT2D eigenvalue weighted by Gasteiger charge is 2.32. The van der Waals surface area contributed by atoms with Crippen molar-refractivity contribution in [2.24, 2.45) is 7.05 Å². The summed E-state index contributed by atoms with van der Waals surface area (Å²) in [6.45, 7) is 2.50. The van der Waals surface area contributed by atoms with Crippen molar-refractivity contribution in [2.75, 3.05) is 22.9 Å². The third-order valence-electron chi connectivity index (χ3n) is 4.88. The van der Waals surface area contributed by atoms with Gasteiger partial charge in [-0.15, -0.1) is 10.2 Å². The number of rotatable bonds is 3. The normalized spacial score (nSPS) is 16.6. The molecule has 1 saturated heterocycles. The van der Waals surface area contributed by atoms with E-state index in [0.717, 1.165) is 30.3 Å². The van der Waals surface area contributed by atoms with Gasteiger partial charge in [-0.3, -0.25) is 14.4 Å². The number of nitrogens with zero attached hydrogens (tertiary/aromatic N) is 8. The summed E-state index contributed by atoms with van der Waals surface area (Å²) >= 11 is 0. The number of carbonyl (C=O) groups excluding carboxylic acids is 1. The summed E-state index contributed by atoms with van der Waals surface area (Å²) < 4.78 is 3.31. The summed E-state index contributed by atoms with van der Waals surface area (Å²) in [5.74, 6) is 1.44. The van der Waals surface area contributed by atoms with E-state index in [4.69, 9.17) is 0 Å². The van der Waals surface area contributed by atoms with E-state index in [-0.39, 0.29) is 5.91 Å². The average molecular weight is 350 g/mol. The Kier molecular flexibility index (Phi) is 3.27. The van der Waals surface area contributed by atoms with Crippen LogP contribution in [0.4, 0.5) is 11.5 Å². The maximum absolute atomic E-state index is 12.7. The lowest BCUT2D eigenvalue weighted by Crippen LogP contribution is -2.23. The van der Waals surface area contributed by atoms with E-state index in [2.05, 4.69) is 25.3 Å². The molecule has 26 heavy (non-hydrogen) atoms. The van der Waals surface area contributed by atoms with E-state index in [1.165, 1.54) is 12.8 Å². The molecule has 0 bridgehead atoms. The van der Waals surface area contributed by atoms with Gasteiger partial charge in [-0.25, -0.2) is 4.68 Å². The van der Waals surface area contributed by atoms with Gasteiger partial charge >= 0.3 is 0 Å². The van der Waals surface area contributed by atoms with Gasteiger partial charge in [-0.2, -0.15) is 10.2 Å². The predicted octanol–water partition coefficient (Wildman–Crippen LogP) is 1.16. The molecule has 0 N–H and O–H groups in total. The first kappa shape index (κ1) is 15.1. The first-order chi connectivity index (χ1) is 12.7. The molecule has 9 heteroatoms. The van der Waals surface area contributed by atoms with Gasteiger partial charge in [0.15, 0.2) is 11.6 Å². The van der Waals surface area contributed by atoms with E-state index < -0.39 is 0 Å². The van der Waals surface area contributed by atoms with Gasteiger partial charge in [0, 0.05) is 32.5 Å². The number of amides is 1. The zero-order chi connectivity index (χ0) is 17.7. The smallest absolute Gasteiger partial charge is 0.262 e. The molecule has 0 radical (unpaired) electrons. The highest BCUT2D eigenvalue weighted by atomic mass is 16.2. The Hall–Kier alpha value is -3.23. The van der Waals surface area contributed by atoms with Crippen LogP contribution in [-0.2, 0) is 13.6 Å². The summed E-state index contributed by atoms with van der Waals surface area (Å²) in [6.07, 6.45) is 7.63. The van der Waals surface area contributed by atoms with Crippen molar-refractivity contribution in [3.63, 3.8) is 0 Å². The van der Waals surface area contributed by atoms with E-state index >= 15 is 0 Å². The molecule has 0 spiro atoms. The molecule has 9 nitrogen and oxygen atoms in total. The molecule has 5 rings (SSSR count). The fourth-order valence-electron chi connectivity index (χ4n) is 3.50. The van der Waals surface area contributed by atoms with Crippen LogP contribution in [0.15, 0.2) is 30.7 Å². The molecule has 132 valence electrons. The Bertz CT molecular complexity index is 967. The minimum atomic E-state index is -0.0686. The lowest BCUT2D eigenvalue weighted by Gasteiger charge is -2.15. The number of fused-ring (bicyclic) bond motifs is 1. The van der Waals surface area contributed by atoms with Gasteiger partial charge in [0.05, 0.1) is 29.7 Å². The van der Waals surface area contributed by atoms with Gasteiger partial charge in [0.2, 0.25) is 0 Å². The van der Waals surface area contributed by atoms with Crippen LogP contribution >= 0.6 is 0 Å². The van der Waals surface area contributed by atoms with Gasteiger partial charge < -0.3 is 4.90 Å². The Balaban J connectivity index is 1.39. The molecule has 0 atom stereocenters. The molecular formula is C17H18N8O. The van der Waals surface area contributed by atoms with Crippen LogP contribution in [0.25, 0.3) is 5.82 Å². The Morgan fingerprint density at radius 1 is 1.04 bits per heavy atom. The number of aromatic nitrogens is 6. The second-order valence-corrected chi connectivity index (χ2v) is 6.64. The molecule has 3 aromatic heterocycles. The average Bonchev–Trinajstić information content (AvgIpc) is 3.41. The lowest BCUT2D eigenvalue weighted by molar-refractivity contribution is 0.0996. The van der Waals surface area contributed by atoms with Crippen molar-refractivity contribution in [3.05, 3.63) is 42.0 Å². The molecule has 3 aromatic rings. The molecule has 0 aromatic carbocycles. The first-order valence-electron chi connectivity index (χ1n) is 8.67. The van der Waals surface area contributed by atoms with E-state index in [1.807, 2.05) is 25.4 Å². The minimum Gasteiger partial charge on any atom is -0.355 e. The van der Waals surface area contributed by atoms with Crippen LogP contribution in [0.1, 0.15) is 28.9 Å². The number of anilines is 2. The van der Waals surface area contributed by atoms with E-state index in [1.54, 1.807) is 26.7 Å². The Morgan fingerprint density at radius 3 is 2.46 bits per heavy atom. The van der Waals surface area contributed by atoms with Crippen LogP contribution in [0.3, 0.4) is 0 Å². The number of carbonyl (C=O) groups is 1. The van der Waals surface area contributed by atoms with E-state index in [9.17, 15) is 4.79 Å². The predicted molar refractivity (Wildman–Crippen MR) is 94.3 cm³/mol. The Labute approximate surface area is 149 Å². The van der Waals surface area contributed by atoms with Gasteiger partial charge in [0.25, 0.3) is 5.91 Å². The van der Waals surface area contributed by atoms with E-state index in [0.29, 0.717) is 17.9 Å². The fraction of sp³-hybridized carbons (Fsp3) is 0.353. The Morgan fingerprint density at radius 2 is 1.81 bits per heavy atom. The van der Waals surface area contributed by atoms with Gasteiger partial charge in [-0.05, 0) is 25.0 Å². The summed E-state index contributed by atoms with van der Waals surface area (Å²) in [7, 11) is 1.83. The fourth-order valence-corrected chi connectivity index (χ4v) is 3.50. The highest BCUT2D eigenvalue weighted by Crippen LogP contribution is 2.27. The SMILES string of the molecule is Cn1cc(N2Cc3nn(-c4ccc(N5CCCC5)nn4)cc3C2=O)cn1. The third kappa shape index (κ3) is 2.35. The van der Waals surface area contributed by atoms with Gasteiger partial charge in [-0.1, -0.05) is 0 Å². The van der Waals surface area contributed by atoms with Crippen LogP contribution in [0.2, 0.25) is 0 Å². The van der Waals surface area contributed by atoms with Crippen molar-refractivity contribution in [2.45, 2.75) is 19.4 Å². The monoisotopic (exact) mass is 350 g/mol. The zero-order valence-corrected chi connectivity index (χ0v) is 14.4. The van der Waals surface area contributed by atoms with Crippen molar-refractivity contribution >= 4 is 17.4 Å². The van der Waals surface area contributed by atoms with Crippen molar-refractivity contribution < 1.29 is 4.79 Å². The largest absolute Gasteiger partial charge is 0.355 e. The lowest BCUT2D eigenvalue weighted by atomic mass is 10.3. The summed E-state index contributed by atoms with van der Waals surface area (Å²) in [5, 5.41) is 17.3. The summed E-state index contributed by atoms with van der Waals surface area (Å²) in [4.78, 5) is 16.6. The molecule has 0 aliphatic carbocycles. The number of hydrogen-bond acceptors (Lipinski definition) is 6. The summed E-state index contributed by atoms with van der Waals surface area (Å²) in [5.41, 5.74) is 2.11. The standard InChI is InChI=1S/C17H18N8O/c1-22-9-12(8-18-22)24-11-14-13(17(24)26)10-25(21-14)16-5-4-15(19-20-16)23-6-2-3-7-23/h4-5,8-10H,2-3,6-7,11H2,1H3. The van der Waals surface area contributed by atoms with Crippen LogP contribution in [0.5, 0.6) is 0 Å². The van der Waals surface area contributed by atoms with Crippen molar-refractivity contribution in [3.8, 4) is 5.82 Å². The van der Waals surface area contributed by atoms with Crippen molar-refractivity contribution in [1.82, 2.24) is 29.8 Å². The van der Waals surface area contributed by atoms with Crippen molar-refractivity contribution in [1.29, 1.82) is 0 Å². The molecule has 1 amide bonds. The highest BCUT2D eigenvalue weighted by molar-refractivity contribution is 6.09. The third-order valence-corrected chi connectivity index (χ3v) is 4.88. The number of aryl methyl sites for hydroxylation is 1. The molecule has 1 fully saturated rings. The molecular weight excluding hydrogens is 332 g/mol. The number of hydrogen-bond donors (Lipinski definition) is 0. The molecule has 2 aliphatic heterocycles.